The van der Waals surface area contributed by atoms with E-state index in [-0.39, 0.29) is 0 Å². The van der Waals surface area contributed by atoms with Crippen molar-refractivity contribution in [2.45, 2.75) is 19.3 Å². The molecule has 1 aliphatic rings. The van der Waals surface area contributed by atoms with E-state index in [0.717, 1.165) is 18.3 Å². The summed E-state index contributed by atoms with van der Waals surface area (Å²) in [6.07, 6.45) is 5.72. The fourth-order valence-corrected chi connectivity index (χ4v) is 1.47. The van der Waals surface area contributed by atoms with Crippen molar-refractivity contribution in [3.8, 4) is 0 Å². The Morgan fingerprint density at radius 1 is 1.50 bits per heavy atom. The van der Waals surface area contributed by atoms with Gasteiger partial charge in [0.05, 0.1) is 0 Å². The molecule has 2 rings (SSSR count). The first kappa shape index (κ1) is 9.21. The van der Waals surface area contributed by atoms with Gasteiger partial charge in [0.1, 0.15) is 5.82 Å². The molecule has 1 aromatic heterocycles. The van der Waals surface area contributed by atoms with Crippen LogP contribution in [0, 0.1) is 5.92 Å². The summed E-state index contributed by atoms with van der Waals surface area (Å²) >= 11 is 0. The molecule has 1 saturated carbocycles. The Balaban J connectivity index is 1.87. The van der Waals surface area contributed by atoms with Gasteiger partial charge in [-0.15, -0.1) is 0 Å². The molecule has 1 heterocycles. The Labute approximate surface area is 83.1 Å². The highest BCUT2D eigenvalue weighted by Gasteiger charge is 2.16. The second-order valence-corrected chi connectivity index (χ2v) is 3.59. The van der Waals surface area contributed by atoms with Crippen molar-refractivity contribution in [1.29, 1.82) is 0 Å². The van der Waals surface area contributed by atoms with Gasteiger partial charge in [0.2, 0.25) is 5.95 Å². The number of hydrazine groups is 1. The summed E-state index contributed by atoms with van der Waals surface area (Å²) in [5.74, 6) is 7.31. The van der Waals surface area contributed by atoms with Crippen LogP contribution in [-0.4, -0.2) is 16.5 Å². The molecule has 14 heavy (non-hydrogen) atoms. The molecule has 0 aliphatic heterocycles. The van der Waals surface area contributed by atoms with Crippen molar-refractivity contribution in [1.82, 2.24) is 9.97 Å². The molecule has 1 aromatic rings. The Hall–Kier alpha value is -1.36. The molecular formula is C9H15N5. The highest BCUT2D eigenvalue weighted by molar-refractivity contribution is 5.38. The van der Waals surface area contributed by atoms with Crippen LogP contribution in [0.15, 0.2) is 12.3 Å². The normalized spacial score (nSPS) is 16.1. The first-order valence-electron chi connectivity index (χ1n) is 4.92. The fourth-order valence-electron chi connectivity index (χ4n) is 1.47. The first-order valence-corrected chi connectivity index (χ1v) is 4.92. The lowest BCUT2D eigenvalue weighted by Gasteiger charge is -2.25. The molecule has 0 atom stereocenters. The number of aromatic nitrogens is 2. The average molecular weight is 193 g/mol. The molecule has 0 unspecified atom stereocenters. The second-order valence-electron chi connectivity index (χ2n) is 3.59. The van der Waals surface area contributed by atoms with Crippen LogP contribution < -0.4 is 16.6 Å². The fraction of sp³-hybridized carbons (Fsp3) is 0.556. The monoisotopic (exact) mass is 193 g/mol. The molecule has 0 radical (unpaired) electrons. The van der Waals surface area contributed by atoms with E-state index in [9.17, 15) is 0 Å². The summed E-state index contributed by atoms with van der Waals surface area (Å²) in [5.41, 5.74) is 2.42. The lowest BCUT2D eigenvalue weighted by atomic mass is 9.85. The van der Waals surface area contributed by atoms with Gasteiger partial charge in [-0.1, -0.05) is 6.42 Å². The van der Waals surface area contributed by atoms with Crippen molar-refractivity contribution < 1.29 is 0 Å². The standard InChI is InChI=1S/C9H15N5/c10-14-9-11-5-4-8(13-9)12-6-7-2-1-3-7/h4-5,7H,1-3,6,10H2,(H2,11,12,13,14). The quantitative estimate of drug-likeness (QED) is 0.491. The lowest BCUT2D eigenvalue weighted by molar-refractivity contribution is 0.333. The zero-order chi connectivity index (χ0) is 9.80. The third-order valence-corrected chi connectivity index (χ3v) is 2.58. The van der Waals surface area contributed by atoms with Crippen LogP contribution in [-0.2, 0) is 0 Å². The molecule has 5 heteroatoms. The molecule has 0 amide bonds. The summed E-state index contributed by atoms with van der Waals surface area (Å²) in [7, 11) is 0. The number of nitrogen functional groups attached to an aromatic ring is 1. The van der Waals surface area contributed by atoms with Gasteiger partial charge in [-0.3, -0.25) is 5.43 Å². The van der Waals surface area contributed by atoms with E-state index >= 15 is 0 Å². The van der Waals surface area contributed by atoms with Crippen LogP contribution in [0.1, 0.15) is 19.3 Å². The van der Waals surface area contributed by atoms with Crippen molar-refractivity contribution in [3.63, 3.8) is 0 Å². The predicted molar refractivity (Wildman–Crippen MR) is 55.7 cm³/mol. The molecule has 1 fully saturated rings. The van der Waals surface area contributed by atoms with E-state index in [1.54, 1.807) is 6.20 Å². The largest absolute Gasteiger partial charge is 0.370 e. The van der Waals surface area contributed by atoms with Gasteiger partial charge in [-0.05, 0) is 24.8 Å². The number of hydrogen-bond acceptors (Lipinski definition) is 5. The Morgan fingerprint density at radius 2 is 2.36 bits per heavy atom. The molecule has 0 spiro atoms. The molecule has 0 saturated heterocycles. The zero-order valence-corrected chi connectivity index (χ0v) is 8.03. The van der Waals surface area contributed by atoms with E-state index in [1.807, 2.05) is 6.07 Å². The van der Waals surface area contributed by atoms with Crippen molar-refractivity contribution >= 4 is 11.8 Å². The van der Waals surface area contributed by atoms with E-state index in [1.165, 1.54) is 19.3 Å². The average Bonchev–Trinajstić information content (AvgIpc) is 2.16. The number of nitrogens with zero attached hydrogens (tertiary/aromatic N) is 2. The number of hydrogen-bond donors (Lipinski definition) is 3. The Bertz CT molecular complexity index is 297. The number of nitrogens with one attached hydrogen (secondary N) is 2. The van der Waals surface area contributed by atoms with Gasteiger partial charge in [0.25, 0.3) is 0 Å². The van der Waals surface area contributed by atoms with Gasteiger partial charge in [-0.2, -0.15) is 4.98 Å². The molecule has 4 N–H and O–H groups in total. The molecule has 0 bridgehead atoms. The highest BCUT2D eigenvalue weighted by Crippen LogP contribution is 2.26. The van der Waals surface area contributed by atoms with Gasteiger partial charge < -0.3 is 5.32 Å². The van der Waals surface area contributed by atoms with E-state index < -0.39 is 0 Å². The Kier molecular flexibility index (Phi) is 2.78. The van der Waals surface area contributed by atoms with Crippen LogP contribution in [0.3, 0.4) is 0 Å². The van der Waals surface area contributed by atoms with Gasteiger partial charge in [0.15, 0.2) is 0 Å². The molecular weight excluding hydrogens is 178 g/mol. The van der Waals surface area contributed by atoms with Gasteiger partial charge in [0, 0.05) is 12.7 Å². The van der Waals surface area contributed by atoms with Crippen LogP contribution in [0.2, 0.25) is 0 Å². The van der Waals surface area contributed by atoms with Crippen LogP contribution >= 0.6 is 0 Å². The van der Waals surface area contributed by atoms with Crippen LogP contribution in [0.4, 0.5) is 11.8 Å². The van der Waals surface area contributed by atoms with Crippen molar-refractivity contribution in [2.75, 3.05) is 17.3 Å². The SMILES string of the molecule is NNc1nccc(NCC2CCC2)n1. The maximum absolute atomic E-state index is 5.21. The third kappa shape index (κ3) is 2.11. The first-order chi connectivity index (χ1) is 6.88. The third-order valence-electron chi connectivity index (χ3n) is 2.58. The zero-order valence-electron chi connectivity index (χ0n) is 8.03. The summed E-state index contributed by atoms with van der Waals surface area (Å²) in [4.78, 5) is 8.10. The molecule has 1 aliphatic carbocycles. The molecule has 76 valence electrons. The maximum Gasteiger partial charge on any atom is 0.239 e. The number of rotatable bonds is 4. The molecule has 0 aromatic carbocycles. The smallest absolute Gasteiger partial charge is 0.239 e. The predicted octanol–water partition coefficient (Wildman–Crippen LogP) is 0.974. The van der Waals surface area contributed by atoms with E-state index in [2.05, 4.69) is 20.7 Å². The summed E-state index contributed by atoms with van der Waals surface area (Å²) < 4.78 is 0. The maximum atomic E-state index is 5.21. The van der Waals surface area contributed by atoms with Crippen LogP contribution in [0.5, 0.6) is 0 Å². The Morgan fingerprint density at radius 3 is 3.00 bits per heavy atom. The number of nitrogens with two attached hydrogens (primary N) is 1. The minimum absolute atomic E-state index is 0.448. The minimum atomic E-state index is 0.448. The summed E-state index contributed by atoms with van der Waals surface area (Å²) in [6, 6.07) is 1.85. The van der Waals surface area contributed by atoms with Crippen molar-refractivity contribution in [2.24, 2.45) is 11.8 Å². The van der Waals surface area contributed by atoms with Crippen LogP contribution in [0.25, 0.3) is 0 Å². The topological polar surface area (TPSA) is 75.9 Å². The summed E-state index contributed by atoms with van der Waals surface area (Å²) in [5, 5.41) is 3.27. The van der Waals surface area contributed by atoms with Gasteiger partial charge >= 0.3 is 0 Å². The highest BCUT2D eigenvalue weighted by atomic mass is 15.3. The number of anilines is 2. The molecule has 5 nitrogen and oxygen atoms in total. The van der Waals surface area contributed by atoms with E-state index in [0.29, 0.717) is 5.95 Å². The summed E-state index contributed by atoms with van der Waals surface area (Å²) in [6.45, 7) is 1.00. The van der Waals surface area contributed by atoms with Gasteiger partial charge in [-0.25, -0.2) is 10.8 Å². The van der Waals surface area contributed by atoms with E-state index in [4.69, 9.17) is 5.84 Å². The second kappa shape index (κ2) is 4.23. The lowest BCUT2D eigenvalue weighted by Crippen LogP contribution is -2.21. The minimum Gasteiger partial charge on any atom is -0.370 e. The van der Waals surface area contributed by atoms with Crippen molar-refractivity contribution in [3.05, 3.63) is 12.3 Å².